The summed E-state index contributed by atoms with van der Waals surface area (Å²) in [6.07, 6.45) is 8.43. The monoisotopic (exact) mass is 791 g/mol. The fourth-order valence-electron chi connectivity index (χ4n) is 6.11. The Morgan fingerprint density at radius 2 is 1.50 bits per heavy atom. The molecule has 5 nitrogen and oxygen atoms in total. The molecule has 6 heteroatoms. The van der Waals surface area contributed by atoms with Crippen molar-refractivity contribution in [2.24, 2.45) is 0 Å². The number of nitrogens with zero attached hydrogens (tertiary/aromatic N) is 3. The van der Waals surface area contributed by atoms with E-state index in [-0.39, 0.29) is 32.3 Å². The van der Waals surface area contributed by atoms with Crippen molar-refractivity contribution in [1.82, 2.24) is 4.98 Å². The van der Waals surface area contributed by atoms with Crippen LogP contribution < -0.4 is 9.80 Å². The van der Waals surface area contributed by atoms with Gasteiger partial charge in [-0.15, -0.1) is 41.6 Å². The topological polar surface area (TPSA) is 59.8 Å². The third-order valence-electron chi connectivity index (χ3n) is 8.28. The molecule has 1 aliphatic carbocycles. The molecule has 0 bridgehead atoms. The maximum absolute atomic E-state index is 8.56. The Labute approximate surface area is 288 Å². The molecule has 0 amide bonds. The molecule has 46 heavy (non-hydrogen) atoms. The van der Waals surface area contributed by atoms with Gasteiger partial charge in [0.1, 0.15) is 0 Å². The van der Waals surface area contributed by atoms with Gasteiger partial charge in [-0.3, -0.25) is 0 Å². The number of benzene rings is 4. The predicted molar refractivity (Wildman–Crippen MR) is 186 cm³/mol. The van der Waals surface area contributed by atoms with Crippen LogP contribution in [0.25, 0.3) is 22.0 Å². The second-order valence-electron chi connectivity index (χ2n) is 12.0. The summed E-state index contributed by atoms with van der Waals surface area (Å²) in [5.41, 5.74) is 7.11. The quantitative estimate of drug-likeness (QED) is 0.174. The van der Waals surface area contributed by atoms with E-state index < -0.39 is 0 Å². The Kier molecular flexibility index (Phi) is 13.4. The summed E-state index contributed by atoms with van der Waals surface area (Å²) in [5, 5.41) is 19.6. The molecule has 2 unspecified atom stereocenters. The van der Waals surface area contributed by atoms with Crippen molar-refractivity contribution in [3.63, 3.8) is 0 Å². The SMILES string of the molecule is CC(O)CC(C)O.CN1[CH-]N(c2[c-]cccc2)c2ccccc21.[Ir+3].[c-]1ccccc1-c1nccc2ccc(C3CCCCC3)cc12. The summed E-state index contributed by atoms with van der Waals surface area (Å²) < 4.78 is 0. The summed E-state index contributed by atoms with van der Waals surface area (Å²) in [7, 11) is 2.06. The molecule has 4 aromatic carbocycles. The van der Waals surface area contributed by atoms with Crippen molar-refractivity contribution >= 4 is 27.8 Å². The Morgan fingerprint density at radius 3 is 2.13 bits per heavy atom. The smallest absolute Gasteiger partial charge is 0.504 e. The number of anilines is 3. The summed E-state index contributed by atoms with van der Waals surface area (Å²) in [4.78, 5) is 8.90. The van der Waals surface area contributed by atoms with Crippen LogP contribution in [0.5, 0.6) is 0 Å². The molecule has 5 aromatic rings. The van der Waals surface area contributed by atoms with Gasteiger partial charge in [0, 0.05) is 17.6 Å². The van der Waals surface area contributed by atoms with Gasteiger partial charge in [-0.2, -0.15) is 37.0 Å². The Bertz CT molecular complexity index is 1620. The number of hydrogen-bond donors (Lipinski definition) is 2. The first-order valence-electron chi connectivity index (χ1n) is 16.1. The number of aromatic nitrogens is 1. The third-order valence-corrected chi connectivity index (χ3v) is 8.28. The van der Waals surface area contributed by atoms with Crippen LogP contribution in [-0.2, 0) is 20.1 Å². The average Bonchev–Trinajstić information content (AvgIpc) is 3.41. The van der Waals surface area contributed by atoms with Crippen LogP contribution in [0, 0.1) is 18.8 Å². The van der Waals surface area contributed by atoms with E-state index in [1.165, 1.54) is 59.8 Å². The first-order chi connectivity index (χ1) is 21.9. The molecule has 1 saturated carbocycles. The molecule has 2 aliphatic rings. The molecule has 0 spiro atoms. The van der Waals surface area contributed by atoms with E-state index in [0.717, 1.165) is 22.9 Å². The minimum absolute atomic E-state index is 0. The van der Waals surface area contributed by atoms with Gasteiger partial charge in [-0.05, 0) is 86.3 Å². The predicted octanol–water partition coefficient (Wildman–Crippen LogP) is 9.08. The van der Waals surface area contributed by atoms with Gasteiger partial charge in [-0.25, -0.2) is 0 Å². The standard InChI is InChI=1S/C21H20N.C14H12N2.C5H12O2.Ir/c1-3-7-16(8-4-1)19-12-11-17-13-14-22-21(20(17)15-19)18-9-5-2-6-10-18;1-15-11-16(12-7-3-2-4-8-12)14-10-6-5-9-13(14)15;1-4(6)3-5(2)7;/h2,5-6,9,11-16H,1,3-4,7-8H2;2-7,9-11H,1H3;4-7H,3H2,1-2H3;/q-1;-2;;+3. The van der Waals surface area contributed by atoms with Crippen LogP contribution in [0.15, 0.2) is 103 Å². The van der Waals surface area contributed by atoms with Crippen LogP contribution in [0.1, 0.15) is 63.9 Å². The fourth-order valence-corrected chi connectivity index (χ4v) is 6.11. The van der Waals surface area contributed by atoms with Crippen molar-refractivity contribution in [3.05, 3.63) is 128 Å². The molecule has 1 aromatic heterocycles. The Morgan fingerprint density at radius 1 is 0.826 bits per heavy atom. The van der Waals surface area contributed by atoms with Crippen LogP contribution in [0.4, 0.5) is 17.1 Å². The maximum atomic E-state index is 8.56. The summed E-state index contributed by atoms with van der Waals surface area (Å²) in [5.74, 6) is 0.728. The molecular weight excluding hydrogens is 747 g/mol. The second kappa shape index (κ2) is 17.4. The first-order valence-corrected chi connectivity index (χ1v) is 16.1. The molecule has 2 N–H and O–H groups in total. The molecule has 2 atom stereocenters. The minimum atomic E-state index is -0.375. The fraction of sp³-hybridized carbons (Fsp3) is 0.300. The summed E-state index contributed by atoms with van der Waals surface area (Å²) in [6, 6.07) is 40.1. The molecular formula is C40H44IrN3O2. The number of aliphatic hydroxyl groups is 2. The van der Waals surface area contributed by atoms with Gasteiger partial charge >= 0.3 is 20.1 Å². The van der Waals surface area contributed by atoms with Gasteiger partial charge < -0.3 is 25.0 Å². The van der Waals surface area contributed by atoms with Crippen molar-refractivity contribution in [2.45, 2.75) is 70.5 Å². The average molecular weight is 791 g/mol. The zero-order valence-corrected chi connectivity index (χ0v) is 29.3. The first kappa shape index (κ1) is 35.3. The van der Waals surface area contributed by atoms with Crippen molar-refractivity contribution in [1.29, 1.82) is 0 Å². The zero-order chi connectivity index (χ0) is 31.6. The van der Waals surface area contributed by atoms with Crippen molar-refractivity contribution in [2.75, 3.05) is 16.8 Å². The number of pyridine rings is 1. The van der Waals surface area contributed by atoms with Crippen molar-refractivity contribution < 1.29 is 30.3 Å². The van der Waals surface area contributed by atoms with E-state index in [4.69, 9.17) is 10.2 Å². The van der Waals surface area contributed by atoms with E-state index in [1.54, 1.807) is 13.8 Å². The molecule has 240 valence electrons. The van der Waals surface area contributed by atoms with E-state index in [1.807, 2.05) is 36.5 Å². The van der Waals surface area contributed by atoms with E-state index in [0.29, 0.717) is 6.42 Å². The van der Waals surface area contributed by atoms with Crippen LogP contribution in [0.2, 0.25) is 0 Å². The van der Waals surface area contributed by atoms with E-state index in [9.17, 15) is 0 Å². The Hall–Kier alpha value is -3.54. The molecule has 1 fully saturated rings. The Balaban J connectivity index is 0.000000176. The number of rotatable bonds is 5. The molecule has 0 saturated heterocycles. The van der Waals surface area contributed by atoms with Gasteiger partial charge in [0.15, 0.2) is 0 Å². The number of para-hydroxylation sites is 3. The normalized spacial score (nSPS) is 15.4. The molecule has 1 aliphatic heterocycles. The molecule has 7 rings (SSSR count). The minimum Gasteiger partial charge on any atom is -0.504 e. The number of hydrogen-bond acceptors (Lipinski definition) is 5. The number of fused-ring (bicyclic) bond motifs is 2. The van der Waals surface area contributed by atoms with E-state index >= 15 is 0 Å². The van der Waals surface area contributed by atoms with E-state index in [2.05, 4.69) is 107 Å². The van der Waals surface area contributed by atoms with Crippen LogP contribution >= 0.6 is 0 Å². The van der Waals surface area contributed by atoms with Gasteiger partial charge in [-0.1, -0.05) is 49.6 Å². The van der Waals surface area contributed by atoms with Crippen LogP contribution in [0.3, 0.4) is 0 Å². The van der Waals surface area contributed by atoms with Crippen molar-refractivity contribution in [3.8, 4) is 11.3 Å². The zero-order valence-electron chi connectivity index (χ0n) is 26.9. The van der Waals surface area contributed by atoms with Crippen LogP contribution in [-0.4, -0.2) is 34.5 Å². The van der Waals surface area contributed by atoms with Gasteiger partial charge in [0.2, 0.25) is 0 Å². The van der Waals surface area contributed by atoms with Gasteiger partial charge in [0.05, 0.1) is 12.2 Å². The molecule has 2 heterocycles. The third kappa shape index (κ3) is 9.26. The number of aliphatic hydroxyl groups excluding tert-OH is 2. The molecule has 0 radical (unpaired) electrons. The largest absolute Gasteiger partial charge is 3.00 e. The second-order valence-corrected chi connectivity index (χ2v) is 12.0. The summed E-state index contributed by atoms with van der Waals surface area (Å²) >= 11 is 0. The summed E-state index contributed by atoms with van der Waals surface area (Å²) in [6.45, 7) is 5.40. The van der Waals surface area contributed by atoms with Gasteiger partial charge in [0.25, 0.3) is 0 Å². The maximum Gasteiger partial charge on any atom is 3.00 e.